The van der Waals surface area contributed by atoms with Crippen LogP contribution in [0.2, 0.25) is 0 Å². The van der Waals surface area contributed by atoms with Crippen LogP contribution in [-0.4, -0.2) is 30.7 Å². The van der Waals surface area contributed by atoms with Crippen molar-refractivity contribution < 1.29 is 17.2 Å². The van der Waals surface area contributed by atoms with Gasteiger partial charge in [0.15, 0.2) is 0 Å². The van der Waals surface area contributed by atoms with Gasteiger partial charge < -0.3 is 4.57 Å². The zero-order valence-corrected chi connectivity index (χ0v) is 21.7. The van der Waals surface area contributed by atoms with Gasteiger partial charge in [-0.1, -0.05) is 22.6 Å². The van der Waals surface area contributed by atoms with E-state index in [-0.39, 0.29) is 17.7 Å². The maximum Gasteiger partial charge on any atom is 0.347 e. The van der Waals surface area contributed by atoms with Crippen LogP contribution >= 0.6 is 45.2 Å². The first kappa shape index (κ1) is 22.5. The Balaban J connectivity index is 1.98. The first-order valence-electron chi connectivity index (χ1n) is 10.00. The molecule has 0 radical (unpaired) electrons. The first-order valence-corrected chi connectivity index (χ1v) is 14.0. The lowest BCUT2D eigenvalue weighted by atomic mass is 10.2. The summed E-state index contributed by atoms with van der Waals surface area (Å²) in [5.74, 6) is -2.07. The van der Waals surface area contributed by atoms with Crippen molar-refractivity contribution in [3.8, 4) is 5.69 Å². The Labute approximate surface area is 208 Å². The maximum atomic E-state index is 15.4. The highest BCUT2D eigenvalue weighted by Gasteiger charge is 2.56. The zero-order valence-electron chi connectivity index (χ0n) is 16.6. The van der Waals surface area contributed by atoms with Crippen molar-refractivity contribution in [2.24, 2.45) is 0 Å². The molecule has 0 atom stereocenters. The molecule has 5 rings (SSSR count). The molecule has 0 spiro atoms. The molecule has 3 heterocycles. The molecule has 170 valence electrons. The van der Waals surface area contributed by atoms with Crippen LogP contribution in [0.15, 0.2) is 27.8 Å². The number of fused-ring (bicyclic) bond motifs is 3. The Bertz CT molecular complexity index is 1520. The van der Waals surface area contributed by atoms with Crippen molar-refractivity contribution in [3.63, 3.8) is 0 Å². The number of aromatic nitrogens is 3. The lowest BCUT2D eigenvalue weighted by Gasteiger charge is -2.16. The van der Waals surface area contributed by atoms with E-state index in [9.17, 15) is 22.4 Å². The molecule has 0 N–H and O–H groups in total. The minimum atomic E-state index is -4.23. The summed E-state index contributed by atoms with van der Waals surface area (Å²) in [6, 6.07) is 3.98. The van der Waals surface area contributed by atoms with Crippen molar-refractivity contribution in [3.05, 3.63) is 59.9 Å². The van der Waals surface area contributed by atoms with Gasteiger partial charge in [-0.2, -0.15) is 8.36 Å². The summed E-state index contributed by atoms with van der Waals surface area (Å²) in [4.78, 5) is 26.3. The minimum Gasteiger partial charge on any atom is -0.308 e. The van der Waals surface area contributed by atoms with E-state index in [1.54, 1.807) is 0 Å². The summed E-state index contributed by atoms with van der Waals surface area (Å²) >= 11 is 3.98. The minimum absolute atomic E-state index is 0.151. The van der Waals surface area contributed by atoms with Crippen LogP contribution in [0.4, 0.5) is 8.78 Å². The number of aryl methyl sites for hydroxylation is 1. The summed E-state index contributed by atoms with van der Waals surface area (Å²) in [5.41, 5.74) is -2.66. The van der Waals surface area contributed by atoms with Gasteiger partial charge in [0.2, 0.25) is 15.8 Å². The van der Waals surface area contributed by atoms with Gasteiger partial charge in [0.1, 0.15) is 16.9 Å². The molecule has 7 nitrogen and oxygen atoms in total. The lowest BCUT2D eigenvalue weighted by Crippen LogP contribution is -2.37. The Morgan fingerprint density at radius 2 is 1.84 bits per heavy atom. The molecule has 1 aromatic carbocycles. The van der Waals surface area contributed by atoms with Crippen molar-refractivity contribution in [1.29, 1.82) is 0 Å². The average molecular weight is 687 g/mol. The van der Waals surface area contributed by atoms with E-state index in [4.69, 9.17) is 0 Å². The SMILES string of the molecule is O=c1c(F)c2c(c3n1CCC3)n(S(=O)(=O)C1(CCI)CC1)c(=O)n2-c1ccc(I)cc1F. The van der Waals surface area contributed by atoms with Crippen LogP contribution in [0.3, 0.4) is 0 Å². The number of hydrogen-bond acceptors (Lipinski definition) is 4. The summed E-state index contributed by atoms with van der Waals surface area (Å²) in [6.45, 7) is 0.233. The van der Waals surface area contributed by atoms with Gasteiger partial charge in [0.05, 0.1) is 10.4 Å². The van der Waals surface area contributed by atoms with Gasteiger partial charge in [-0.25, -0.2) is 17.6 Å². The highest BCUT2D eigenvalue weighted by molar-refractivity contribution is 14.1. The second-order valence-corrected chi connectivity index (χ2v) is 12.6. The van der Waals surface area contributed by atoms with Gasteiger partial charge in [0.25, 0.3) is 5.56 Å². The van der Waals surface area contributed by atoms with Crippen LogP contribution in [0.1, 0.15) is 31.4 Å². The Hall–Kier alpha value is -1.29. The molecule has 0 saturated heterocycles. The largest absolute Gasteiger partial charge is 0.347 e. The highest BCUT2D eigenvalue weighted by Crippen LogP contribution is 2.48. The van der Waals surface area contributed by atoms with E-state index in [1.165, 1.54) is 16.7 Å². The average Bonchev–Trinajstić information content (AvgIpc) is 3.25. The van der Waals surface area contributed by atoms with Crippen molar-refractivity contribution in [2.75, 3.05) is 4.43 Å². The fraction of sp³-hybridized carbons (Fsp3) is 0.400. The molecule has 3 aromatic rings. The molecule has 2 aliphatic rings. The predicted octanol–water partition coefficient (Wildman–Crippen LogP) is 3.32. The van der Waals surface area contributed by atoms with Gasteiger partial charge in [-0.15, -0.1) is 0 Å². The fourth-order valence-corrected chi connectivity index (χ4v) is 8.49. The van der Waals surface area contributed by atoms with E-state index in [0.717, 1.165) is 6.07 Å². The summed E-state index contributed by atoms with van der Waals surface area (Å²) in [6.07, 6.45) is 1.98. The maximum absolute atomic E-state index is 15.4. The summed E-state index contributed by atoms with van der Waals surface area (Å²) < 4.78 is 60.4. The van der Waals surface area contributed by atoms with E-state index < -0.39 is 43.2 Å². The molecule has 0 bridgehead atoms. The van der Waals surface area contributed by atoms with Crippen molar-refractivity contribution >= 4 is 66.2 Å². The van der Waals surface area contributed by atoms with E-state index in [1.807, 2.05) is 22.6 Å². The predicted molar refractivity (Wildman–Crippen MR) is 133 cm³/mol. The molecule has 0 unspecified atom stereocenters. The number of hydrogen-bond donors (Lipinski definition) is 0. The van der Waals surface area contributed by atoms with Crippen LogP contribution in [0.25, 0.3) is 16.7 Å². The smallest absolute Gasteiger partial charge is 0.308 e. The summed E-state index contributed by atoms with van der Waals surface area (Å²) in [7, 11) is -4.23. The van der Waals surface area contributed by atoms with Crippen LogP contribution in [0.5, 0.6) is 0 Å². The molecule has 12 heteroatoms. The first-order chi connectivity index (χ1) is 15.1. The van der Waals surface area contributed by atoms with Gasteiger partial charge >= 0.3 is 5.69 Å². The Kier molecular flexibility index (Phi) is 5.35. The molecular formula is C20H17F2I2N3O4S. The fourth-order valence-electron chi connectivity index (χ4n) is 4.56. The number of pyridine rings is 1. The quantitative estimate of drug-likeness (QED) is 0.305. The molecule has 1 saturated carbocycles. The molecule has 2 aromatic heterocycles. The van der Waals surface area contributed by atoms with Gasteiger partial charge in [-0.3, -0.25) is 9.36 Å². The Morgan fingerprint density at radius 1 is 1.12 bits per heavy atom. The zero-order chi connectivity index (χ0) is 23.0. The molecule has 1 fully saturated rings. The standard InChI is InChI=1S/C20H17F2I2N3O4S/c21-12-10-11(24)3-4-13(12)26-17-15(22)18(28)25-9-1-2-14(25)16(17)27(19(26)29)32(30,31)20(5-6-20)7-8-23/h3-4,10H,1-2,5-9H2. The second-order valence-electron chi connectivity index (χ2n) is 8.12. The molecule has 1 aliphatic carbocycles. The third-order valence-corrected chi connectivity index (χ3v) is 10.1. The van der Waals surface area contributed by atoms with Crippen LogP contribution < -0.4 is 11.2 Å². The number of rotatable bonds is 5. The molecular weight excluding hydrogens is 670 g/mol. The van der Waals surface area contributed by atoms with Crippen LogP contribution in [0, 0.1) is 15.2 Å². The van der Waals surface area contributed by atoms with E-state index >= 15 is 4.39 Å². The number of benzene rings is 1. The lowest BCUT2D eigenvalue weighted by molar-refractivity contribution is 0.563. The molecule has 0 amide bonds. The molecule has 32 heavy (non-hydrogen) atoms. The van der Waals surface area contributed by atoms with E-state index in [2.05, 4.69) is 22.6 Å². The second kappa shape index (κ2) is 7.61. The third-order valence-electron chi connectivity index (χ3n) is 6.35. The third kappa shape index (κ3) is 3.00. The van der Waals surface area contributed by atoms with Gasteiger partial charge in [-0.05, 0) is 72.9 Å². The van der Waals surface area contributed by atoms with E-state index in [0.29, 0.717) is 54.3 Å². The number of nitrogens with zero attached hydrogens (tertiary/aromatic N) is 3. The van der Waals surface area contributed by atoms with Crippen molar-refractivity contribution in [1.82, 2.24) is 13.1 Å². The topological polar surface area (TPSA) is 83.1 Å². The number of alkyl halides is 1. The monoisotopic (exact) mass is 687 g/mol. The molecule has 1 aliphatic heterocycles. The summed E-state index contributed by atoms with van der Waals surface area (Å²) in [5, 5.41) is 0. The Morgan fingerprint density at radius 3 is 2.47 bits per heavy atom. The number of halogens is 4. The van der Waals surface area contributed by atoms with Gasteiger partial charge in [0, 0.05) is 20.2 Å². The van der Waals surface area contributed by atoms with Crippen LogP contribution in [-0.2, 0) is 23.0 Å². The van der Waals surface area contributed by atoms with Crippen molar-refractivity contribution in [2.45, 2.75) is 43.4 Å². The highest BCUT2D eigenvalue weighted by atomic mass is 127. The number of imidazole rings is 1. The normalized spacial score (nSPS) is 17.1.